The fourth-order valence-electron chi connectivity index (χ4n) is 6.34. The number of likely N-dealkylation sites (N-methyl/N-ethyl adjacent to an activating group) is 1. The molecule has 1 N–H and O–H groups in total. The summed E-state index contributed by atoms with van der Waals surface area (Å²) < 4.78 is 89.1. The van der Waals surface area contributed by atoms with Gasteiger partial charge in [0.25, 0.3) is 10.0 Å². The molecule has 7 nitrogen and oxygen atoms in total. The Kier molecular flexibility index (Phi) is 5.68. The molecule has 0 amide bonds. The highest BCUT2D eigenvalue weighted by molar-refractivity contribution is 7.89. The molecule has 2 aliphatic carbocycles. The number of imidazole rings is 1. The van der Waals surface area contributed by atoms with Crippen LogP contribution in [-0.4, -0.2) is 55.2 Å². The molecule has 1 aliphatic heterocycles. The number of nitrogens with zero attached hydrogens (tertiary/aromatic N) is 3. The number of rotatable bonds is 8. The minimum Gasteiger partial charge on any atom is -0.489 e. The molecular formula is C26H26F4N4O3S. The van der Waals surface area contributed by atoms with Crippen molar-refractivity contribution in [2.24, 2.45) is 12.5 Å². The fourth-order valence-corrected chi connectivity index (χ4v) is 7.34. The molecule has 2 heterocycles. The van der Waals surface area contributed by atoms with Gasteiger partial charge in [0.1, 0.15) is 6.61 Å². The molecule has 2 fully saturated rings. The van der Waals surface area contributed by atoms with E-state index in [1.165, 1.54) is 35.3 Å². The second kappa shape index (κ2) is 8.52. The van der Waals surface area contributed by atoms with Crippen molar-refractivity contribution in [2.75, 3.05) is 20.2 Å². The number of halogens is 4. The smallest absolute Gasteiger partial charge is 0.416 e. The molecule has 0 bridgehead atoms. The molecule has 1 aromatic heterocycles. The van der Waals surface area contributed by atoms with Gasteiger partial charge in [0.2, 0.25) is 0 Å². The first-order chi connectivity index (χ1) is 17.9. The molecule has 38 heavy (non-hydrogen) atoms. The molecule has 1 saturated carbocycles. The Hall–Kier alpha value is -2.96. The summed E-state index contributed by atoms with van der Waals surface area (Å²) in [4.78, 5) is 6.05. The first kappa shape index (κ1) is 25.3. The Morgan fingerprint density at radius 3 is 2.61 bits per heavy atom. The molecule has 3 aliphatic rings. The number of likely N-dealkylation sites (tertiary alicyclic amines) is 1. The van der Waals surface area contributed by atoms with Crippen LogP contribution in [0.15, 0.2) is 53.9 Å². The van der Waals surface area contributed by atoms with Crippen LogP contribution >= 0.6 is 0 Å². The van der Waals surface area contributed by atoms with Gasteiger partial charge in [0.15, 0.2) is 16.6 Å². The Labute approximate surface area is 217 Å². The van der Waals surface area contributed by atoms with Gasteiger partial charge in [-0.3, -0.25) is 4.90 Å². The Morgan fingerprint density at radius 1 is 1.18 bits per heavy atom. The average Bonchev–Trinajstić information content (AvgIpc) is 3.61. The fraction of sp³-hybridized carbons (Fsp3) is 0.423. The van der Waals surface area contributed by atoms with Crippen LogP contribution in [0.3, 0.4) is 0 Å². The van der Waals surface area contributed by atoms with Crippen molar-refractivity contribution in [1.29, 1.82) is 0 Å². The summed E-state index contributed by atoms with van der Waals surface area (Å²) in [5, 5.41) is -0.126. The highest BCUT2D eigenvalue weighted by Crippen LogP contribution is 2.76. The normalized spacial score (nSPS) is 27.3. The van der Waals surface area contributed by atoms with Crippen molar-refractivity contribution in [3.05, 3.63) is 77.0 Å². The van der Waals surface area contributed by atoms with Crippen LogP contribution in [-0.2, 0) is 36.1 Å². The lowest BCUT2D eigenvalue weighted by Gasteiger charge is -2.29. The van der Waals surface area contributed by atoms with Gasteiger partial charge in [-0.1, -0.05) is 18.2 Å². The van der Waals surface area contributed by atoms with E-state index < -0.39 is 27.6 Å². The quantitative estimate of drug-likeness (QED) is 0.264. The predicted octanol–water partition coefficient (Wildman–Crippen LogP) is 3.50. The number of hydrogen-bond acceptors (Lipinski definition) is 5. The maximum absolute atomic E-state index is 15.0. The minimum atomic E-state index is -4.43. The van der Waals surface area contributed by atoms with E-state index in [1.807, 2.05) is 7.05 Å². The number of alkyl halides is 3. The third kappa shape index (κ3) is 4.09. The molecule has 3 unspecified atom stereocenters. The summed E-state index contributed by atoms with van der Waals surface area (Å²) in [5.74, 6) is -0.624. The summed E-state index contributed by atoms with van der Waals surface area (Å²) >= 11 is 0. The molecular weight excluding hydrogens is 524 g/mol. The monoisotopic (exact) mass is 550 g/mol. The summed E-state index contributed by atoms with van der Waals surface area (Å²) in [7, 11) is -0.153. The molecule has 6 rings (SSSR count). The van der Waals surface area contributed by atoms with Crippen molar-refractivity contribution in [3.63, 3.8) is 0 Å². The number of hydrogen-bond donors (Lipinski definition) is 1. The first-order valence-electron chi connectivity index (χ1n) is 12.2. The van der Waals surface area contributed by atoms with Crippen LogP contribution < -0.4 is 9.46 Å². The Balaban J connectivity index is 1.20. The van der Waals surface area contributed by atoms with E-state index in [9.17, 15) is 26.0 Å². The van der Waals surface area contributed by atoms with Gasteiger partial charge in [0, 0.05) is 37.3 Å². The van der Waals surface area contributed by atoms with Crippen molar-refractivity contribution >= 4 is 10.0 Å². The number of ether oxygens (including phenoxy) is 1. The number of aryl methyl sites for hydroxylation is 1. The maximum Gasteiger partial charge on any atom is 0.416 e. The van der Waals surface area contributed by atoms with E-state index in [4.69, 9.17) is 4.74 Å². The zero-order chi connectivity index (χ0) is 27.0. The molecule has 1 spiro atoms. The molecule has 202 valence electrons. The van der Waals surface area contributed by atoms with Crippen LogP contribution in [0.5, 0.6) is 5.75 Å². The van der Waals surface area contributed by atoms with Crippen LogP contribution in [0, 0.1) is 11.2 Å². The zero-order valence-electron chi connectivity index (χ0n) is 20.7. The van der Waals surface area contributed by atoms with Gasteiger partial charge >= 0.3 is 6.18 Å². The number of aromatic nitrogens is 2. The summed E-state index contributed by atoms with van der Waals surface area (Å²) in [6, 6.07) is 9.17. The van der Waals surface area contributed by atoms with Gasteiger partial charge in [-0.05, 0) is 60.7 Å². The third-order valence-electron chi connectivity index (χ3n) is 8.10. The topological polar surface area (TPSA) is 76.2 Å². The zero-order valence-corrected chi connectivity index (χ0v) is 21.5. The van der Waals surface area contributed by atoms with Gasteiger partial charge in [-0.2, -0.15) is 13.2 Å². The number of sulfonamides is 1. The Morgan fingerprint density at radius 2 is 1.95 bits per heavy atom. The summed E-state index contributed by atoms with van der Waals surface area (Å²) in [6.07, 6.45) is -0.608. The minimum absolute atomic E-state index is 0.00504. The van der Waals surface area contributed by atoms with E-state index in [2.05, 4.69) is 14.6 Å². The van der Waals surface area contributed by atoms with Crippen molar-refractivity contribution < 1.29 is 30.7 Å². The molecule has 12 heteroatoms. The van der Waals surface area contributed by atoms with Gasteiger partial charge in [-0.25, -0.2) is 22.5 Å². The number of nitrogens with one attached hydrogen (secondary N) is 1. The first-order valence-corrected chi connectivity index (χ1v) is 13.7. The average molecular weight is 551 g/mol. The second-order valence-corrected chi connectivity index (χ2v) is 12.1. The highest BCUT2D eigenvalue weighted by Gasteiger charge is 2.84. The van der Waals surface area contributed by atoms with Crippen LogP contribution in [0.4, 0.5) is 17.6 Å². The lowest BCUT2D eigenvalue weighted by atomic mass is 9.81. The summed E-state index contributed by atoms with van der Waals surface area (Å²) in [6.45, 7) is -0.207. The SMILES string of the molecule is CN1C2C1C21Cc2cc(F)c(OCCNS(=O)(=O)c3cn(C)cn3)cc2C1Cc1cccc(C(F)(F)F)c1. The Bertz CT molecular complexity index is 1510. The van der Waals surface area contributed by atoms with Gasteiger partial charge in [0.05, 0.1) is 11.9 Å². The maximum atomic E-state index is 15.0. The molecule has 1 saturated heterocycles. The van der Waals surface area contributed by atoms with Crippen LogP contribution in [0.25, 0.3) is 0 Å². The predicted molar refractivity (Wildman–Crippen MR) is 130 cm³/mol. The molecule has 3 atom stereocenters. The van der Waals surface area contributed by atoms with Crippen LogP contribution in [0.2, 0.25) is 0 Å². The van der Waals surface area contributed by atoms with Crippen molar-refractivity contribution in [3.8, 4) is 5.75 Å². The van der Waals surface area contributed by atoms with E-state index in [0.717, 1.165) is 17.2 Å². The standard InChI is InChI=1S/C26H26F4N4O3S/c1-33-13-22(31-14-33)38(35,36)32-6-7-37-21-11-18-16(10-20(21)27)12-25(23-24(25)34(23)2)19(18)9-15-4-3-5-17(8-15)26(28,29)30/h3-5,8,10-11,13-14,19,23-24,32H,6-7,9,12H2,1-2H3. The van der Waals surface area contributed by atoms with Crippen molar-refractivity contribution in [2.45, 2.75) is 42.0 Å². The lowest BCUT2D eigenvalue weighted by Crippen LogP contribution is -2.31. The lowest BCUT2D eigenvalue weighted by molar-refractivity contribution is -0.137. The molecule has 0 radical (unpaired) electrons. The van der Waals surface area contributed by atoms with E-state index in [0.29, 0.717) is 30.5 Å². The van der Waals surface area contributed by atoms with Crippen molar-refractivity contribution in [1.82, 2.24) is 19.2 Å². The number of benzene rings is 2. The van der Waals surface area contributed by atoms with E-state index >= 15 is 0 Å². The molecule has 3 aromatic rings. The summed E-state index contributed by atoms with van der Waals surface area (Å²) in [5.41, 5.74) is 1.53. The van der Waals surface area contributed by atoms with Crippen LogP contribution in [0.1, 0.15) is 28.2 Å². The van der Waals surface area contributed by atoms with E-state index in [1.54, 1.807) is 19.2 Å². The van der Waals surface area contributed by atoms with E-state index in [-0.39, 0.29) is 35.3 Å². The molecule has 2 aromatic carbocycles. The van der Waals surface area contributed by atoms with Gasteiger partial charge < -0.3 is 9.30 Å². The highest BCUT2D eigenvalue weighted by atomic mass is 32.2. The number of fused-ring (bicyclic) bond motifs is 4. The second-order valence-electron chi connectivity index (χ2n) is 10.4. The largest absolute Gasteiger partial charge is 0.489 e. The third-order valence-corrected chi connectivity index (χ3v) is 9.44. The van der Waals surface area contributed by atoms with Gasteiger partial charge in [-0.15, -0.1) is 0 Å².